The number of carbonyl (C=O) groups excluding carboxylic acids is 2. The van der Waals surface area contributed by atoms with Crippen LogP contribution < -0.4 is 5.32 Å². The number of imide groups is 1. The van der Waals surface area contributed by atoms with Crippen LogP contribution in [0.15, 0.2) is 0 Å². The van der Waals surface area contributed by atoms with Crippen LogP contribution in [0, 0.1) is 0 Å². The smallest absolute Gasteiger partial charge is 0.255 e. The predicted octanol–water partition coefficient (Wildman–Crippen LogP) is -0.952. The average molecular weight is 129 g/mol. The minimum Gasteiger partial charge on any atom is -0.359 e. The fraction of sp³-hybridized carbons (Fsp3) is 0.600. The van der Waals surface area contributed by atoms with Gasteiger partial charge in [0.2, 0.25) is 0 Å². The molecule has 0 aromatic heterocycles. The Kier molecular flexibility index (Phi) is 1.48. The van der Waals surface area contributed by atoms with E-state index in [4.69, 9.17) is 4.74 Å². The standard InChI is InChI=1S/C5H7NO3/c1-3-5(8)6-4(7)2-9-3/h3H,2H2,1H3,(H,6,7,8). The first-order chi connectivity index (χ1) is 4.20. The van der Waals surface area contributed by atoms with Gasteiger partial charge in [-0.25, -0.2) is 0 Å². The summed E-state index contributed by atoms with van der Waals surface area (Å²) >= 11 is 0. The van der Waals surface area contributed by atoms with E-state index in [9.17, 15) is 9.59 Å². The molecule has 0 bridgehead atoms. The molecule has 50 valence electrons. The zero-order valence-electron chi connectivity index (χ0n) is 5.01. The molecule has 0 aromatic carbocycles. The number of amides is 2. The van der Waals surface area contributed by atoms with Crippen molar-refractivity contribution < 1.29 is 14.3 Å². The van der Waals surface area contributed by atoms with Gasteiger partial charge in [0.25, 0.3) is 11.8 Å². The second-order valence-electron chi connectivity index (χ2n) is 1.87. The predicted molar refractivity (Wildman–Crippen MR) is 28.6 cm³/mol. The zero-order chi connectivity index (χ0) is 6.85. The van der Waals surface area contributed by atoms with Crippen LogP contribution in [-0.4, -0.2) is 24.5 Å². The van der Waals surface area contributed by atoms with Gasteiger partial charge in [0.15, 0.2) is 0 Å². The van der Waals surface area contributed by atoms with Crippen LogP contribution in [0.1, 0.15) is 6.92 Å². The number of carbonyl (C=O) groups is 2. The monoisotopic (exact) mass is 129 g/mol. The normalized spacial score (nSPS) is 27.9. The zero-order valence-corrected chi connectivity index (χ0v) is 5.01. The van der Waals surface area contributed by atoms with Gasteiger partial charge >= 0.3 is 0 Å². The molecule has 1 unspecified atom stereocenters. The lowest BCUT2D eigenvalue weighted by molar-refractivity contribution is -0.148. The van der Waals surface area contributed by atoms with E-state index in [1.807, 2.05) is 0 Å². The highest BCUT2D eigenvalue weighted by molar-refractivity contribution is 5.99. The summed E-state index contributed by atoms with van der Waals surface area (Å²) in [7, 11) is 0. The van der Waals surface area contributed by atoms with Gasteiger partial charge in [-0.05, 0) is 6.92 Å². The first-order valence-corrected chi connectivity index (χ1v) is 2.65. The quantitative estimate of drug-likeness (QED) is 0.429. The van der Waals surface area contributed by atoms with E-state index in [1.165, 1.54) is 0 Å². The molecule has 0 radical (unpaired) electrons. The van der Waals surface area contributed by atoms with Gasteiger partial charge in [-0.15, -0.1) is 0 Å². The maximum atomic E-state index is 10.5. The fourth-order valence-corrected chi connectivity index (χ4v) is 0.552. The maximum absolute atomic E-state index is 10.5. The van der Waals surface area contributed by atoms with Crippen LogP contribution in [0.2, 0.25) is 0 Å². The number of hydrogen-bond acceptors (Lipinski definition) is 3. The highest BCUT2D eigenvalue weighted by atomic mass is 16.5. The number of nitrogens with one attached hydrogen (secondary N) is 1. The summed E-state index contributed by atoms with van der Waals surface area (Å²) in [6, 6.07) is 0. The molecule has 0 spiro atoms. The molecule has 2 amide bonds. The number of rotatable bonds is 0. The van der Waals surface area contributed by atoms with Crippen molar-refractivity contribution in [2.45, 2.75) is 13.0 Å². The van der Waals surface area contributed by atoms with Crippen LogP contribution in [-0.2, 0) is 14.3 Å². The summed E-state index contributed by atoms with van der Waals surface area (Å²) in [6.07, 6.45) is -0.484. The molecule has 1 fully saturated rings. The lowest BCUT2D eigenvalue weighted by Crippen LogP contribution is -2.46. The molecule has 1 aliphatic rings. The van der Waals surface area contributed by atoms with Crippen LogP contribution in [0.5, 0.6) is 0 Å². The summed E-state index contributed by atoms with van der Waals surface area (Å²) in [6.45, 7) is 1.59. The Morgan fingerprint density at radius 2 is 2.33 bits per heavy atom. The van der Waals surface area contributed by atoms with Crippen molar-refractivity contribution in [3.05, 3.63) is 0 Å². The highest BCUT2D eigenvalue weighted by Crippen LogP contribution is 1.95. The van der Waals surface area contributed by atoms with Crippen molar-refractivity contribution in [2.24, 2.45) is 0 Å². The van der Waals surface area contributed by atoms with Crippen molar-refractivity contribution in [3.8, 4) is 0 Å². The van der Waals surface area contributed by atoms with E-state index >= 15 is 0 Å². The van der Waals surface area contributed by atoms with E-state index in [-0.39, 0.29) is 18.4 Å². The Labute approximate surface area is 52.2 Å². The second kappa shape index (κ2) is 2.14. The second-order valence-corrected chi connectivity index (χ2v) is 1.87. The maximum Gasteiger partial charge on any atom is 0.255 e. The van der Waals surface area contributed by atoms with E-state index in [0.717, 1.165) is 0 Å². The van der Waals surface area contributed by atoms with Crippen molar-refractivity contribution in [1.29, 1.82) is 0 Å². The summed E-state index contributed by atoms with van der Waals surface area (Å²) in [5, 5.41) is 2.13. The average Bonchev–Trinajstić information content (AvgIpc) is 1.80. The molecule has 1 rings (SSSR count). The molecule has 1 saturated heterocycles. The molecule has 0 saturated carbocycles. The molecule has 9 heavy (non-hydrogen) atoms. The molecule has 4 nitrogen and oxygen atoms in total. The van der Waals surface area contributed by atoms with Crippen molar-refractivity contribution in [3.63, 3.8) is 0 Å². The molecule has 0 aromatic rings. The highest BCUT2D eigenvalue weighted by Gasteiger charge is 2.22. The van der Waals surface area contributed by atoms with Crippen molar-refractivity contribution in [2.75, 3.05) is 6.61 Å². The first-order valence-electron chi connectivity index (χ1n) is 2.65. The molecule has 4 heteroatoms. The Balaban J connectivity index is 2.54. The topological polar surface area (TPSA) is 55.4 Å². The van der Waals surface area contributed by atoms with Gasteiger partial charge in [-0.2, -0.15) is 0 Å². The van der Waals surface area contributed by atoms with Gasteiger partial charge in [0.05, 0.1) is 0 Å². The van der Waals surface area contributed by atoms with Gasteiger partial charge in [0.1, 0.15) is 12.7 Å². The van der Waals surface area contributed by atoms with Crippen LogP contribution in [0.3, 0.4) is 0 Å². The number of hydrogen-bond donors (Lipinski definition) is 1. The van der Waals surface area contributed by atoms with Gasteiger partial charge in [0, 0.05) is 0 Å². The van der Waals surface area contributed by atoms with Crippen LogP contribution in [0.4, 0.5) is 0 Å². The lowest BCUT2D eigenvalue weighted by Gasteiger charge is -2.16. The lowest BCUT2D eigenvalue weighted by atomic mass is 10.3. The third-order valence-electron chi connectivity index (χ3n) is 1.10. The van der Waals surface area contributed by atoms with Crippen molar-refractivity contribution >= 4 is 11.8 Å². The van der Waals surface area contributed by atoms with E-state index in [1.54, 1.807) is 6.92 Å². The van der Waals surface area contributed by atoms with Crippen LogP contribution in [0.25, 0.3) is 0 Å². The van der Waals surface area contributed by atoms with E-state index in [0.29, 0.717) is 0 Å². The molecular weight excluding hydrogens is 122 g/mol. The third kappa shape index (κ3) is 1.26. The summed E-state index contributed by atoms with van der Waals surface area (Å²) in [5.74, 6) is -0.718. The SMILES string of the molecule is CC1OCC(=O)NC1=O. The molecule has 0 aliphatic carbocycles. The summed E-state index contributed by atoms with van der Waals surface area (Å²) < 4.78 is 4.74. The Morgan fingerprint density at radius 1 is 1.67 bits per heavy atom. The summed E-state index contributed by atoms with van der Waals surface area (Å²) in [4.78, 5) is 20.9. The molecule has 1 heterocycles. The Morgan fingerprint density at radius 3 is 2.78 bits per heavy atom. The van der Waals surface area contributed by atoms with E-state index < -0.39 is 6.10 Å². The molecule has 1 atom stereocenters. The number of ether oxygens (including phenoxy) is 1. The Bertz CT molecular complexity index is 154. The van der Waals surface area contributed by atoms with Gasteiger partial charge < -0.3 is 4.74 Å². The fourth-order valence-electron chi connectivity index (χ4n) is 0.552. The minimum absolute atomic E-state index is 0.00704. The summed E-state index contributed by atoms with van der Waals surface area (Å²) in [5.41, 5.74) is 0. The van der Waals surface area contributed by atoms with Crippen molar-refractivity contribution in [1.82, 2.24) is 5.32 Å². The largest absolute Gasteiger partial charge is 0.359 e. The third-order valence-corrected chi connectivity index (χ3v) is 1.10. The molecule has 1 aliphatic heterocycles. The van der Waals surface area contributed by atoms with Gasteiger partial charge in [-0.1, -0.05) is 0 Å². The first kappa shape index (κ1) is 6.22. The molecule has 1 N–H and O–H groups in total. The molecular formula is C5H7NO3. The minimum atomic E-state index is -0.484. The van der Waals surface area contributed by atoms with Gasteiger partial charge in [-0.3, -0.25) is 14.9 Å². The van der Waals surface area contributed by atoms with Crippen LogP contribution >= 0.6 is 0 Å². The Hall–Kier alpha value is -0.900. The van der Waals surface area contributed by atoms with E-state index in [2.05, 4.69) is 5.32 Å². The number of morpholine rings is 1.